The summed E-state index contributed by atoms with van der Waals surface area (Å²) in [5.41, 5.74) is 2.14. The number of carboxylic acid groups (broad SMARTS) is 1. The zero-order valence-corrected chi connectivity index (χ0v) is 15.7. The van der Waals surface area contributed by atoms with E-state index in [1.807, 2.05) is 30.3 Å². The van der Waals surface area contributed by atoms with Crippen molar-refractivity contribution in [2.24, 2.45) is 0 Å². The van der Waals surface area contributed by atoms with Gasteiger partial charge in [0, 0.05) is 6.54 Å². The van der Waals surface area contributed by atoms with Gasteiger partial charge in [-0.25, -0.2) is 13.2 Å². The molecule has 2 rings (SSSR count). The molecule has 0 unspecified atom stereocenters. The number of benzene rings is 2. The van der Waals surface area contributed by atoms with Crippen molar-refractivity contribution in [1.82, 2.24) is 5.32 Å². The molecule has 0 atom stereocenters. The number of amides is 1. The Morgan fingerprint density at radius 3 is 2.15 bits per heavy atom. The lowest BCUT2D eigenvalue weighted by Gasteiger charge is -2.07. The van der Waals surface area contributed by atoms with Crippen LogP contribution in [0.15, 0.2) is 54.6 Å². The highest BCUT2D eigenvalue weighted by molar-refractivity contribution is 7.92. The molecule has 0 saturated heterocycles. The van der Waals surface area contributed by atoms with Crippen molar-refractivity contribution in [2.45, 2.75) is 19.3 Å². The second-order valence-electron chi connectivity index (χ2n) is 6.28. The van der Waals surface area contributed by atoms with Crippen LogP contribution < -0.4 is 5.32 Å². The van der Waals surface area contributed by atoms with Crippen molar-refractivity contribution in [1.29, 1.82) is 0 Å². The Kier molecular flexibility index (Phi) is 7.55. The summed E-state index contributed by atoms with van der Waals surface area (Å²) in [6.07, 6.45) is 1.64. The summed E-state index contributed by atoms with van der Waals surface area (Å²) in [6.45, 7) is 0.296. The molecule has 2 aromatic rings. The minimum absolute atomic E-state index is 0.0219. The van der Waals surface area contributed by atoms with Gasteiger partial charge in [0.25, 0.3) is 0 Å². The molecule has 0 aliphatic heterocycles. The van der Waals surface area contributed by atoms with Crippen LogP contribution in [0.5, 0.6) is 0 Å². The van der Waals surface area contributed by atoms with Gasteiger partial charge in [-0.1, -0.05) is 42.5 Å². The van der Waals surface area contributed by atoms with Crippen LogP contribution in [0.4, 0.5) is 0 Å². The monoisotopic (exact) mass is 389 g/mol. The largest absolute Gasteiger partial charge is 0.478 e. The summed E-state index contributed by atoms with van der Waals surface area (Å²) in [7, 11) is -3.44. The number of aromatic carboxylic acids is 1. The van der Waals surface area contributed by atoms with Gasteiger partial charge in [0.05, 0.1) is 11.3 Å². The minimum atomic E-state index is -3.44. The SMILES string of the molecule is O=C(CS(=O)(=O)CCCc1ccccc1)NCCc1ccc(C(=O)O)cc1. The van der Waals surface area contributed by atoms with Crippen molar-refractivity contribution < 1.29 is 23.1 Å². The molecule has 2 aromatic carbocycles. The van der Waals surface area contributed by atoms with Gasteiger partial charge in [-0.2, -0.15) is 0 Å². The van der Waals surface area contributed by atoms with Crippen LogP contribution in [0.3, 0.4) is 0 Å². The molecule has 0 bridgehead atoms. The van der Waals surface area contributed by atoms with Gasteiger partial charge in [-0.3, -0.25) is 4.79 Å². The number of carbonyl (C=O) groups excluding carboxylic acids is 1. The van der Waals surface area contributed by atoms with Crippen molar-refractivity contribution in [3.63, 3.8) is 0 Å². The first kappa shape index (κ1) is 20.6. The fourth-order valence-electron chi connectivity index (χ4n) is 2.62. The Labute approximate surface area is 159 Å². The second-order valence-corrected chi connectivity index (χ2v) is 8.47. The molecular formula is C20H23NO5S. The molecule has 0 aliphatic carbocycles. The third kappa shape index (κ3) is 7.62. The zero-order chi connectivity index (χ0) is 19.7. The van der Waals surface area contributed by atoms with E-state index < -0.39 is 27.5 Å². The highest BCUT2D eigenvalue weighted by Crippen LogP contribution is 2.06. The molecule has 0 aromatic heterocycles. The van der Waals surface area contributed by atoms with Crippen molar-refractivity contribution >= 4 is 21.7 Å². The number of hydrogen-bond donors (Lipinski definition) is 2. The van der Waals surface area contributed by atoms with Gasteiger partial charge in [-0.15, -0.1) is 0 Å². The molecule has 7 heteroatoms. The summed E-state index contributed by atoms with van der Waals surface area (Å²) >= 11 is 0. The van der Waals surface area contributed by atoms with E-state index in [-0.39, 0.29) is 11.3 Å². The summed E-state index contributed by atoms with van der Waals surface area (Å²) < 4.78 is 24.1. The van der Waals surface area contributed by atoms with Crippen molar-refractivity contribution in [3.8, 4) is 0 Å². The van der Waals surface area contributed by atoms with Gasteiger partial charge < -0.3 is 10.4 Å². The van der Waals surface area contributed by atoms with E-state index in [0.717, 1.165) is 11.1 Å². The van der Waals surface area contributed by atoms with Crippen molar-refractivity contribution in [2.75, 3.05) is 18.1 Å². The number of rotatable bonds is 10. The van der Waals surface area contributed by atoms with Crippen molar-refractivity contribution in [3.05, 3.63) is 71.3 Å². The fraction of sp³-hybridized carbons (Fsp3) is 0.300. The Hall–Kier alpha value is -2.67. The van der Waals surface area contributed by atoms with E-state index in [1.165, 1.54) is 12.1 Å². The van der Waals surface area contributed by atoms with E-state index in [0.29, 0.717) is 25.8 Å². The maximum absolute atomic E-state index is 12.0. The van der Waals surface area contributed by atoms with E-state index in [1.54, 1.807) is 12.1 Å². The van der Waals surface area contributed by atoms with Crippen LogP contribution >= 0.6 is 0 Å². The quantitative estimate of drug-likeness (QED) is 0.648. The fourth-order valence-corrected chi connectivity index (χ4v) is 3.85. The number of carbonyl (C=O) groups is 2. The highest BCUT2D eigenvalue weighted by atomic mass is 32.2. The minimum Gasteiger partial charge on any atom is -0.478 e. The second kappa shape index (κ2) is 9.87. The van der Waals surface area contributed by atoms with Crippen LogP contribution in [0.2, 0.25) is 0 Å². The number of sulfone groups is 1. The molecule has 1 amide bonds. The maximum atomic E-state index is 12.0. The summed E-state index contributed by atoms with van der Waals surface area (Å²) in [5, 5.41) is 11.4. The van der Waals surface area contributed by atoms with Gasteiger partial charge in [-0.05, 0) is 42.5 Å². The topological polar surface area (TPSA) is 101 Å². The Morgan fingerprint density at radius 2 is 1.52 bits per heavy atom. The number of carboxylic acids is 1. The highest BCUT2D eigenvalue weighted by Gasteiger charge is 2.16. The summed E-state index contributed by atoms with van der Waals surface area (Å²) in [4.78, 5) is 22.6. The lowest BCUT2D eigenvalue weighted by atomic mass is 10.1. The molecule has 0 saturated carbocycles. The normalized spacial score (nSPS) is 11.1. The summed E-state index contributed by atoms with van der Waals surface area (Å²) in [5.74, 6) is -2.05. The predicted molar refractivity (Wildman–Crippen MR) is 104 cm³/mol. The van der Waals surface area contributed by atoms with Crippen LogP contribution in [-0.2, 0) is 27.5 Å². The smallest absolute Gasteiger partial charge is 0.335 e. The molecule has 144 valence electrons. The zero-order valence-electron chi connectivity index (χ0n) is 14.9. The van der Waals surface area contributed by atoms with Gasteiger partial charge in [0.1, 0.15) is 5.75 Å². The molecule has 2 N–H and O–H groups in total. The van der Waals surface area contributed by atoms with E-state index in [4.69, 9.17) is 5.11 Å². The number of hydrogen-bond acceptors (Lipinski definition) is 4. The molecule has 0 heterocycles. The number of aryl methyl sites for hydroxylation is 1. The lowest BCUT2D eigenvalue weighted by molar-refractivity contribution is -0.118. The Morgan fingerprint density at radius 1 is 0.889 bits per heavy atom. The molecule has 0 aliphatic rings. The first-order valence-corrected chi connectivity index (χ1v) is 10.5. The maximum Gasteiger partial charge on any atom is 0.335 e. The molecule has 6 nitrogen and oxygen atoms in total. The average molecular weight is 389 g/mol. The van der Waals surface area contributed by atoms with Crippen LogP contribution in [-0.4, -0.2) is 43.5 Å². The summed E-state index contributed by atoms with van der Waals surface area (Å²) in [6, 6.07) is 16.0. The molecule has 0 fully saturated rings. The van der Waals surface area contributed by atoms with E-state index >= 15 is 0 Å². The van der Waals surface area contributed by atoms with E-state index in [9.17, 15) is 18.0 Å². The van der Waals surface area contributed by atoms with Crippen LogP contribution in [0, 0.1) is 0 Å². The first-order valence-electron chi connectivity index (χ1n) is 8.69. The lowest BCUT2D eigenvalue weighted by Crippen LogP contribution is -2.32. The number of nitrogens with one attached hydrogen (secondary N) is 1. The first-order chi connectivity index (χ1) is 12.9. The molecule has 27 heavy (non-hydrogen) atoms. The van der Waals surface area contributed by atoms with Crippen LogP contribution in [0.25, 0.3) is 0 Å². The van der Waals surface area contributed by atoms with Crippen LogP contribution in [0.1, 0.15) is 27.9 Å². The predicted octanol–water partition coefficient (Wildman–Crippen LogP) is 2.09. The third-order valence-electron chi connectivity index (χ3n) is 4.05. The Balaban J connectivity index is 1.69. The van der Waals surface area contributed by atoms with Gasteiger partial charge in [0.15, 0.2) is 9.84 Å². The molecule has 0 spiro atoms. The van der Waals surface area contributed by atoms with Gasteiger partial charge in [0.2, 0.25) is 5.91 Å². The Bertz CT molecular complexity index is 861. The molecular weight excluding hydrogens is 366 g/mol. The van der Waals surface area contributed by atoms with Gasteiger partial charge >= 0.3 is 5.97 Å². The average Bonchev–Trinajstić information content (AvgIpc) is 2.62. The third-order valence-corrected chi connectivity index (χ3v) is 5.66. The molecule has 0 radical (unpaired) electrons. The standard InChI is InChI=1S/C20H23NO5S/c22-19(21-13-12-17-8-10-18(11-9-17)20(23)24)15-27(25,26)14-4-7-16-5-2-1-3-6-16/h1-3,5-6,8-11H,4,7,12-15H2,(H,21,22)(H,23,24). The van der Waals surface area contributed by atoms with E-state index in [2.05, 4.69) is 5.32 Å².